The standard InChI is InChI=1S/C16H24N2O3/c1-20-14-6-5-12(10-15(14)21-2)11-16(19)18-13-4-3-8-17-9-7-13/h5-6,10,13,17H,3-4,7-9,11H2,1-2H3,(H,18,19). The topological polar surface area (TPSA) is 59.6 Å². The maximum absolute atomic E-state index is 12.1. The van der Waals surface area contributed by atoms with Gasteiger partial charge in [0.2, 0.25) is 5.91 Å². The van der Waals surface area contributed by atoms with Crippen LogP contribution in [0.3, 0.4) is 0 Å². The van der Waals surface area contributed by atoms with Crippen LogP contribution in [0.15, 0.2) is 18.2 Å². The van der Waals surface area contributed by atoms with Crippen molar-refractivity contribution >= 4 is 5.91 Å². The predicted octanol–water partition coefficient (Wildman–Crippen LogP) is 1.50. The van der Waals surface area contributed by atoms with Crippen LogP contribution in [-0.2, 0) is 11.2 Å². The van der Waals surface area contributed by atoms with E-state index in [0.717, 1.165) is 37.9 Å². The summed E-state index contributed by atoms with van der Waals surface area (Å²) in [6, 6.07) is 5.87. The molecule has 5 heteroatoms. The molecule has 5 nitrogen and oxygen atoms in total. The monoisotopic (exact) mass is 292 g/mol. The van der Waals surface area contributed by atoms with Crippen molar-refractivity contribution in [2.75, 3.05) is 27.3 Å². The highest BCUT2D eigenvalue weighted by atomic mass is 16.5. The second kappa shape index (κ2) is 7.88. The van der Waals surface area contributed by atoms with Gasteiger partial charge in [0.05, 0.1) is 20.6 Å². The highest BCUT2D eigenvalue weighted by Gasteiger charge is 2.15. The Balaban J connectivity index is 1.92. The third-order valence-electron chi connectivity index (χ3n) is 3.75. The lowest BCUT2D eigenvalue weighted by molar-refractivity contribution is -0.121. The summed E-state index contributed by atoms with van der Waals surface area (Å²) in [5, 5.41) is 6.47. The summed E-state index contributed by atoms with van der Waals surface area (Å²) >= 11 is 0. The molecule has 0 radical (unpaired) electrons. The van der Waals surface area contributed by atoms with Crippen LogP contribution < -0.4 is 20.1 Å². The zero-order chi connectivity index (χ0) is 15.1. The number of ether oxygens (including phenoxy) is 2. The Labute approximate surface area is 126 Å². The van der Waals surface area contributed by atoms with E-state index in [0.29, 0.717) is 17.9 Å². The molecule has 1 fully saturated rings. The number of hydrogen-bond acceptors (Lipinski definition) is 4. The first-order valence-electron chi connectivity index (χ1n) is 7.44. The van der Waals surface area contributed by atoms with E-state index >= 15 is 0 Å². The van der Waals surface area contributed by atoms with Crippen molar-refractivity contribution in [3.8, 4) is 11.5 Å². The van der Waals surface area contributed by atoms with Gasteiger partial charge in [-0.1, -0.05) is 6.07 Å². The van der Waals surface area contributed by atoms with Gasteiger partial charge in [-0.2, -0.15) is 0 Å². The molecule has 0 aromatic heterocycles. The van der Waals surface area contributed by atoms with Crippen molar-refractivity contribution in [1.82, 2.24) is 10.6 Å². The number of carbonyl (C=O) groups excluding carboxylic acids is 1. The van der Waals surface area contributed by atoms with E-state index < -0.39 is 0 Å². The van der Waals surface area contributed by atoms with Crippen LogP contribution in [-0.4, -0.2) is 39.3 Å². The molecule has 1 unspecified atom stereocenters. The Bertz CT molecular complexity index is 469. The SMILES string of the molecule is COc1ccc(CC(=O)NC2CCCNCC2)cc1OC. The van der Waals surface area contributed by atoms with Crippen LogP contribution in [0.25, 0.3) is 0 Å². The Morgan fingerprint density at radius 1 is 1.24 bits per heavy atom. The first-order valence-corrected chi connectivity index (χ1v) is 7.44. The van der Waals surface area contributed by atoms with E-state index in [4.69, 9.17) is 9.47 Å². The molecule has 1 aromatic rings. The average molecular weight is 292 g/mol. The van der Waals surface area contributed by atoms with Crippen LogP contribution >= 0.6 is 0 Å². The first kappa shape index (κ1) is 15.6. The van der Waals surface area contributed by atoms with Gasteiger partial charge in [-0.3, -0.25) is 4.79 Å². The summed E-state index contributed by atoms with van der Waals surface area (Å²) in [6.45, 7) is 2.02. The third kappa shape index (κ3) is 4.63. The van der Waals surface area contributed by atoms with Crippen LogP contribution in [0.5, 0.6) is 11.5 Å². The van der Waals surface area contributed by atoms with E-state index in [9.17, 15) is 4.79 Å². The van der Waals surface area contributed by atoms with Gasteiger partial charge in [0.1, 0.15) is 0 Å². The molecule has 116 valence electrons. The fraction of sp³-hybridized carbons (Fsp3) is 0.562. The average Bonchev–Trinajstić information content (AvgIpc) is 2.75. The fourth-order valence-electron chi connectivity index (χ4n) is 2.62. The molecular weight excluding hydrogens is 268 g/mol. The molecule has 1 aliphatic heterocycles. The molecule has 1 amide bonds. The van der Waals surface area contributed by atoms with Gasteiger partial charge in [0.15, 0.2) is 11.5 Å². The second-order valence-corrected chi connectivity index (χ2v) is 5.31. The predicted molar refractivity (Wildman–Crippen MR) is 81.9 cm³/mol. The summed E-state index contributed by atoms with van der Waals surface area (Å²) in [6.07, 6.45) is 3.52. The summed E-state index contributed by atoms with van der Waals surface area (Å²) in [4.78, 5) is 12.1. The maximum Gasteiger partial charge on any atom is 0.224 e. The summed E-state index contributed by atoms with van der Waals surface area (Å²) in [5.41, 5.74) is 0.928. The largest absolute Gasteiger partial charge is 0.493 e. The van der Waals surface area contributed by atoms with E-state index in [1.165, 1.54) is 0 Å². The number of hydrogen-bond donors (Lipinski definition) is 2. The van der Waals surface area contributed by atoms with Crippen LogP contribution in [0.2, 0.25) is 0 Å². The van der Waals surface area contributed by atoms with E-state index in [1.54, 1.807) is 14.2 Å². The molecule has 0 aliphatic carbocycles. The van der Waals surface area contributed by atoms with Crippen molar-refractivity contribution in [2.24, 2.45) is 0 Å². The number of methoxy groups -OCH3 is 2. The lowest BCUT2D eigenvalue weighted by Crippen LogP contribution is -2.36. The second-order valence-electron chi connectivity index (χ2n) is 5.31. The van der Waals surface area contributed by atoms with Crippen molar-refractivity contribution < 1.29 is 14.3 Å². The van der Waals surface area contributed by atoms with E-state index in [1.807, 2.05) is 18.2 Å². The molecule has 0 spiro atoms. The van der Waals surface area contributed by atoms with Crippen molar-refractivity contribution in [3.63, 3.8) is 0 Å². The minimum absolute atomic E-state index is 0.0640. The quantitative estimate of drug-likeness (QED) is 0.863. The van der Waals surface area contributed by atoms with Gasteiger partial charge in [0.25, 0.3) is 0 Å². The van der Waals surface area contributed by atoms with Crippen LogP contribution in [0.4, 0.5) is 0 Å². The van der Waals surface area contributed by atoms with E-state index in [-0.39, 0.29) is 11.9 Å². The normalized spacial score (nSPS) is 18.7. The fourth-order valence-corrected chi connectivity index (χ4v) is 2.62. The van der Waals surface area contributed by atoms with Crippen LogP contribution in [0.1, 0.15) is 24.8 Å². The Morgan fingerprint density at radius 3 is 2.81 bits per heavy atom. The van der Waals surface area contributed by atoms with Gasteiger partial charge >= 0.3 is 0 Å². The number of nitrogens with one attached hydrogen (secondary N) is 2. The summed E-state index contributed by atoms with van der Waals surface area (Å²) < 4.78 is 10.5. The first-order chi connectivity index (χ1) is 10.2. The maximum atomic E-state index is 12.1. The lowest BCUT2D eigenvalue weighted by atomic mass is 10.1. The summed E-state index contributed by atoms with van der Waals surface area (Å²) in [5.74, 6) is 1.40. The minimum Gasteiger partial charge on any atom is -0.493 e. The zero-order valence-corrected chi connectivity index (χ0v) is 12.8. The Kier molecular flexibility index (Phi) is 5.87. The molecule has 21 heavy (non-hydrogen) atoms. The molecule has 1 aromatic carbocycles. The molecule has 0 bridgehead atoms. The molecule has 2 rings (SSSR count). The molecule has 1 saturated heterocycles. The van der Waals surface area contributed by atoms with Crippen molar-refractivity contribution in [1.29, 1.82) is 0 Å². The summed E-state index contributed by atoms with van der Waals surface area (Å²) in [7, 11) is 3.20. The van der Waals surface area contributed by atoms with Crippen LogP contribution in [0, 0.1) is 0 Å². The minimum atomic E-state index is 0.0640. The van der Waals surface area contributed by atoms with Gasteiger partial charge in [-0.15, -0.1) is 0 Å². The molecule has 1 atom stereocenters. The zero-order valence-electron chi connectivity index (χ0n) is 12.8. The molecule has 0 saturated carbocycles. The van der Waals surface area contributed by atoms with Crippen molar-refractivity contribution in [3.05, 3.63) is 23.8 Å². The Hall–Kier alpha value is -1.75. The molecular formula is C16H24N2O3. The molecule has 2 N–H and O–H groups in total. The number of carbonyl (C=O) groups is 1. The molecule has 1 aliphatic rings. The number of benzene rings is 1. The lowest BCUT2D eigenvalue weighted by Gasteiger charge is -2.16. The highest BCUT2D eigenvalue weighted by Crippen LogP contribution is 2.27. The van der Waals surface area contributed by atoms with Gasteiger partial charge in [-0.25, -0.2) is 0 Å². The smallest absolute Gasteiger partial charge is 0.224 e. The Morgan fingerprint density at radius 2 is 2.05 bits per heavy atom. The van der Waals surface area contributed by atoms with Gasteiger partial charge < -0.3 is 20.1 Å². The highest BCUT2D eigenvalue weighted by molar-refractivity contribution is 5.79. The van der Waals surface area contributed by atoms with E-state index in [2.05, 4.69) is 10.6 Å². The van der Waals surface area contributed by atoms with Gasteiger partial charge in [0, 0.05) is 6.04 Å². The number of rotatable bonds is 5. The number of amides is 1. The molecule has 1 heterocycles. The van der Waals surface area contributed by atoms with Gasteiger partial charge in [-0.05, 0) is 50.0 Å². The van der Waals surface area contributed by atoms with Crippen molar-refractivity contribution in [2.45, 2.75) is 31.7 Å². The third-order valence-corrected chi connectivity index (χ3v) is 3.75.